The topological polar surface area (TPSA) is 131 Å². The zero-order valence-corrected chi connectivity index (χ0v) is 15.2. The summed E-state index contributed by atoms with van der Waals surface area (Å²) in [5, 5.41) is 15.6. The number of non-ortho nitro benzene ring substituents is 1. The van der Waals surface area contributed by atoms with E-state index in [0.717, 1.165) is 4.90 Å². The average molecular weight is 396 g/mol. The lowest BCUT2D eigenvalue weighted by Gasteiger charge is -2.11. The molecular formula is C19H16N4O6. The van der Waals surface area contributed by atoms with E-state index in [1.54, 1.807) is 24.3 Å². The van der Waals surface area contributed by atoms with Gasteiger partial charge in [0.1, 0.15) is 18.0 Å². The van der Waals surface area contributed by atoms with Gasteiger partial charge in [0.15, 0.2) is 0 Å². The van der Waals surface area contributed by atoms with Crippen LogP contribution in [0.3, 0.4) is 0 Å². The average Bonchev–Trinajstić information content (AvgIpc) is 2.96. The Bertz CT molecular complexity index is 998. The van der Waals surface area contributed by atoms with Crippen molar-refractivity contribution in [2.75, 3.05) is 19.0 Å². The molecule has 1 aliphatic heterocycles. The fraction of sp³-hybridized carbons (Fsp3) is 0.105. The quantitative estimate of drug-likeness (QED) is 0.333. The number of nitrogens with one attached hydrogen (secondary N) is 2. The molecule has 0 atom stereocenters. The van der Waals surface area contributed by atoms with E-state index < -0.39 is 29.3 Å². The van der Waals surface area contributed by atoms with Crippen molar-refractivity contribution < 1.29 is 24.0 Å². The number of anilines is 1. The van der Waals surface area contributed by atoms with Crippen LogP contribution in [0.2, 0.25) is 0 Å². The van der Waals surface area contributed by atoms with Crippen molar-refractivity contribution in [2.24, 2.45) is 0 Å². The van der Waals surface area contributed by atoms with Crippen LogP contribution in [0, 0.1) is 10.1 Å². The number of nitro benzene ring substituents is 1. The fourth-order valence-electron chi connectivity index (χ4n) is 2.59. The number of methoxy groups -OCH3 is 1. The Morgan fingerprint density at radius 1 is 1.17 bits per heavy atom. The Balaban J connectivity index is 1.65. The number of ether oxygens (including phenoxy) is 1. The molecule has 2 aromatic carbocycles. The number of rotatable bonds is 6. The van der Waals surface area contributed by atoms with E-state index >= 15 is 0 Å². The predicted molar refractivity (Wildman–Crippen MR) is 103 cm³/mol. The molecule has 1 heterocycles. The van der Waals surface area contributed by atoms with Crippen molar-refractivity contribution in [2.45, 2.75) is 0 Å². The second-order valence-corrected chi connectivity index (χ2v) is 6.00. The molecule has 2 N–H and O–H groups in total. The molecule has 0 aliphatic carbocycles. The lowest BCUT2D eigenvalue weighted by atomic mass is 10.2. The molecule has 3 rings (SSSR count). The number of amides is 4. The molecule has 2 aromatic rings. The Kier molecular flexibility index (Phi) is 5.54. The molecule has 4 amide bonds. The predicted octanol–water partition coefficient (Wildman–Crippen LogP) is 2.13. The maximum atomic E-state index is 12.4. The van der Waals surface area contributed by atoms with Gasteiger partial charge in [0.25, 0.3) is 11.6 Å². The largest absolute Gasteiger partial charge is 0.497 e. The molecule has 0 unspecified atom stereocenters. The van der Waals surface area contributed by atoms with Crippen LogP contribution in [0.25, 0.3) is 6.08 Å². The molecule has 0 spiro atoms. The van der Waals surface area contributed by atoms with Crippen LogP contribution >= 0.6 is 0 Å². The smallest absolute Gasteiger partial charge is 0.329 e. The standard InChI is InChI=1S/C19H16N4O6/c1-29-15-8-2-12(3-9-15)10-16-18(25)22(19(26)21-16)11-17(24)20-13-4-6-14(7-5-13)23(27)28/h2-10H,11H2,1H3,(H,20,24)(H,21,26)/b16-10-. The summed E-state index contributed by atoms with van der Waals surface area (Å²) >= 11 is 0. The molecule has 0 radical (unpaired) electrons. The number of hydrogen-bond acceptors (Lipinski definition) is 6. The summed E-state index contributed by atoms with van der Waals surface area (Å²) in [6, 6.07) is 11.3. The van der Waals surface area contributed by atoms with Gasteiger partial charge in [-0.05, 0) is 35.9 Å². The summed E-state index contributed by atoms with van der Waals surface area (Å²) in [6.45, 7) is -0.498. The van der Waals surface area contributed by atoms with Gasteiger partial charge in [0.05, 0.1) is 12.0 Å². The molecule has 29 heavy (non-hydrogen) atoms. The summed E-state index contributed by atoms with van der Waals surface area (Å²) in [6.07, 6.45) is 1.49. The van der Waals surface area contributed by atoms with E-state index in [1.807, 2.05) is 0 Å². The minimum absolute atomic E-state index is 0.0447. The van der Waals surface area contributed by atoms with Crippen LogP contribution in [-0.4, -0.2) is 41.3 Å². The third-order valence-electron chi connectivity index (χ3n) is 4.05. The number of carbonyl (C=O) groups is 3. The van der Waals surface area contributed by atoms with Gasteiger partial charge in [-0.3, -0.25) is 19.7 Å². The van der Waals surface area contributed by atoms with Crippen molar-refractivity contribution in [1.29, 1.82) is 0 Å². The van der Waals surface area contributed by atoms with Crippen LogP contribution < -0.4 is 15.4 Å². The van der Waals surface area contributed by atoms with E-state index in [4.69, 9.17) is 4.74 Å². The first-order chi connectivity index (χ1) is 13.9. The van der Waals surface area contributed by atoms with Gasteiger partial charge in [-0.2, -0.15) is 0 Å². The summed E-state index contributed by atoms with van der Waals surface area (Å²) in [5.41, 5.74) is 0.905. The number of hydrogen-bond donors (Lipinski definition) is 2. The lowest BCUT2D eigenvalue weighted by molar-refractivity contribution is -0.384. The van der Waals surface area contributed by atoms with Crippen LogP contribution in [0.4, 0.5) is 16.2 Å². The number of nitro groups is 1. The van der Waals surface area contributed by atoms with Gasteiger partial charge < -0.3 is 15.4 Å². The van der Waals surface area contributed by atoms with Crippen LogP contribution in [-0.2, 0) is 9.59 Å². The van der Waals surface area contributed by atoms with Crippen LogP contribution in [0.1, 0.15) is 5.56 Å². The Labute approximate surface area is 164 Å². The maximum Gasteiger partial charge on any atom is 0.329 e. The zero-order valence-electron chi connectivity index (χ0n) is 15.2. The van der Waals surface area contributed by atoms with Crippen molar-refractivity contribution in [3.05, 3.63) is 69.9 Å². The van der Waals surface area contributed by atoms with Crippen molar-refractivity contribution >= 4 is 35.3 Å². The first-order valence-corrected chi connectivity index (χ1v) is 8.40. The highest BCUT2D eigenvalue weighted by atomic mass is 16.6. The lowest BCUT2D eigenvalue weighted by Crippen LogP contribution is -2.38. The summed E-state index contributed by atoms with van der Waals surface area (Å²) < 4.78 is 5.06. The van der Waals surface area contributed by atoms with E-state index in [0.29, 0.717) is 17.0 Å². The SMILES string of the molecule is COc1ccc(/C=C2\NC(=O)N(CC(=O)Nc3ccc([N+](=O)[O-])cc3)C2=O)cc1. The summed E-state index contributed by atoms with van der Waals surface area (Å²) in [5.74, 6) is -0.601. The number of nitrogens with zero attached hydrogens (tertiary/aromatic N) is 2. The normalized spacial score (nSPS) is 14.7. The van der Waals surface area contributed by atoms with Gasteiger partial charge in [-0.25, -0.2) is 9.69 Å². The minimum Gasteiger partial charge on any atom is -0.497 e. The third-order valence-corrected chi connectivity index (χ3v) is 4.05. The van der Waals surface area contributed by atoms with Crippen molar-refractivity contribution in [3.8, 4) is 5.75 Å². The minimum atomic E-state index is -0.714. The first kappa shape index (κ1) is 19.5. The second kappa shape index (κ2) is 8.21. The zero-order chi connectivity index (χ0) is 21.0. The number of carbonyl (C=O) groups excluding carboxylic acids is 3. The molecule has 1 saturated heterocycles. The maximum absolute atomic E-state index is 12.4. The Hall–Kier alpha value is -4.21. The monoisotopic (exact) mass is 396 g/mol. The molecule has 148 valence electrons. The molecule has 1 fully saturated rings. The van der Waals surface area contributed by atoms with Gasteiger partial charge in [-0.15, -0.1) is 0 Å². The van der Waals surface area contributed by atoms with Gasteiger partial charge in [-0.1, -0.05) is 12.1 Å². The molecule has 10 heteroatoms. The molecule has 0 aromatic heterocycles. The molecule has 1 aliphatic rings. The number of imide groups is 1. The first-order valence-electron chi connectivity index (χ1n) is 8.40. The van der Waals surface area contributed by atoms with E-state index in [2.05, 4.69) is 10.6 Å². The Morgan fingerprint density at radius 2 is 1.83 bits per heavy atom. The van der Waals surface area contributed by atoms with Gasteiger partial charge >= 0.3 is 6.03 Å². The van der Waals surface area contributed by atoms with E-state index in [1.165, 1.54) is 37.5 Å². The van der Waals surface area contributed by atoms with Gasteiger partial charge in [0, 0.05) is 17.8 Å². The van der Waals surface area contributed by atoms with E-state index in [9.17, 15) is 24.5 Å². The summed E-state index contributed by atoms with van der Waals surface area (Å²) in [4.78, 5) is 47.5. The van der Waals surface area contributed by atoms with Crippen molar-refractivity contribution in [1.82, 2.24) is 10.2 Å². The number of urea groups is 1. The van der Waals surface area contributed by atoms with E-state index in [-0.39, 0.29) is 11.4 Å². The summed E-state index contributed by atoms with van der Waals surface area (Å²) in [7, 11) is 1.54. The van der Waals surface area contributed by atoms with Crippen LogP contribution in [0.5, 0.6) is 5.75 Å². The molecular weight excluding hydrogens is 380 g/mol. The third kappa shape index (κ3) is 4.56. The highest BCUT2D eigenvalue weighted by molar-refractivity contribution is 6.15. The van der Waals surface area contributed by atoms with Crippen LogP contribution in [0.15, 0.2) is 54.2 Å². The van der Waals surface area contributed by atoms with Gasteiger partial charge in [0.2, 0.25) is 5.91 Å². The Morgan fingerprint density at radius 3 is 2.41 bits per heavy atom. The molecule has 0 saturated carbocycles. The molecule has 0 bridgehead atoms. The highest BCUT2D eigenvalue weighted by Crippen LogP contribution is 2.18. The molecule has 10 nitrogen and oxygen atoms in total. The van der Waals surface area contributed by atoms with Crippen molar-refractivity contribution in [3.63, 3.8) is 0 Å². The highest BCUT2D eigenvalue weighted by Gasteiger charge is 2.34. The second-order valence-electron chi connectivity index (χ2n) is 6.00. The number of benzene rings is 2. The fourth-order valence-corrected chi connectivity index (χ4v) is 2.59.